The van der Waals surface area contributed by atoms with Gasteiger partial charge in [0.15, 0.2) is 0 Å². The summed E-state index contributed by atoms with van der Waals surface area (Å²) in [4.78, 5) is 14.8. The molecule has 2 aromatic carbocycles. The van der Waals surface area contributed by atoms with Crippen LogP contribution in [0.3, 0.4) is 0 Å². The number of hydrogen-bond donors (Lipinski definition) is 2. The molecule has 0 aliphatic carbocycles. The Morgan fingerprint density at radius 2 is 1.79 bits per heavy atom. The van der Waals surface area contributed by atoms with Crippen LogP contribution < -0.4 is 10.9 Å². The van der Waals surface area contributed by atoms with Gasteiger partial charge in [-0.1, -0.05) is 30.3 Å². The van der Waals surface area contributed by atoms with Crippen molar-refractivity contribution in [2.75, 3.05) is 19.6 Å². The van der Waals surface area contributed by atoms with Crippen molar-refractivity contribution in [3.63, 3.8) is 0 Å². The highest BCUT2D eigenvalue weighted by Gasteiger charge is 2.36. The first-order valence-electron chi connectivity index (χ1n) is 8.90. The van der Waals surface area contributed by atoms with E-state index in [9.17, 15) is 13.2 Å². The second-order valence-corrected chi connectivity index (χ2v) is 8.71. The molecular weight excluding hydrogens is 398 g/mol. The summed E-state index contributed by atoms with van der Waals surface area (Å²) in [6.07, 6.45) is 0. The zero-order chi connectivity index (χ0) is 19.8. The Hall–Kier alpha value is -1.93. The van der Waals surface area contributed by atoms with Gasteiger partial charge in [0.05, 0.1) is 4.90 Å². The minimum atomic E-state index is -3.90. The van der Waals surface area contributed by atoms with Crippen molar-refractivity contribution in [2.45, 2.75) is 24.7 Å². The summed E-state index contributed by atoms with van der Waals surface area (Å²) in [7, 11) is -3.90. The maximum Gasteiger partial charge on any atom is 0.253 e. The third kappa shape index (κ3) is 4.38. The van der Waals surface area contributed by atoms with E-state index in [0.29, 0.717) is 30.8 Å². The standard InChI is InChI=1S/C20H25N3O3S.ClH/c1-13-8-16(9-19(14(13)2)27(22,25)26)20(24)23-11-17(10-21)18(12-23)15-6-4-3-5-7-15;/h3-9,17-18H,10-12,21H2,1-2H3,(H2,22,25,26);1H/t17-,18+;/m1./s1. The third-order valence-electron chi connectivity index (χ3n) is 5.43. The molecule has 0 bridgehead atoms. The van der Waals surface area contributed by atoms with E-state index in [1.165, 1.54) is 6.07 Å². The molecule has 1 aliphatic heterocycles. The van der Waals surface area contributed by atoms with Gasteiger partial charge in [-0.25, -0.2) is 13.6 Å². The van der Waals surface area contributed by atoms with E-state index in [4.69, 9.17) is 10.9 Å². The quantitative estimate of drug-likeness (QED) is 0.785. The Labute approximate surface area is 172 Å². The summed E-state index contributed by atoms with van der Waals surface area (Å²) in [5.41, 5.74) is 8.74. The molecule has 3 rings (SSSR count). The number of nitrogens with zero attached hydrogens (tertiary/aromatic N) is 1. The molecule has 6 nitrogen and oxygen atoms in total. The van der Waals surface area contributed by atoms with E-state index in [0.717, 1.165) is 11.1 Å². The lowest BCUT2D eigenvalue weighted by molar-refractivity contribution is 0.0786. The van der Waals surface area contributed by atoms with E-state index in [2.05, 4.69) is 12.1 Å². The molecule has 0 radical (unpaired) electrons. The molecule has 0 saturated carbocycles. The van der Waals surface area contributed by atoms with Crippen LogP contribution in [0, 0.1) is 19.8 Å². The average molecular weight is 424 g/mol. The first-order valence-corrected chi connectivity index (χ1v) is 10.5. The largest absolute Gasteiger partial charge is 0.338 e. The number of hydrogen-bond acceptors (Lipinski definition) is 4. The predicted molar refractivity (Wildman–Crippen MR) is 112 cm³/mol. The van der Waals surface area contributed by atoms with Gasteiger partial charge in [0.25, 0.3) is 5.91 Å². The molecular formula is C20H26ClN3O3S. The van der Waals surface area contributed by atoms with Crippen LogP contribution in [0.25, 0.3) is 0 Å². The van der Waals surface area contributed by atoms with Crippen molar-refractivity contribution < 1.29 is 13.2 Å². The Morgan fingerprint density at radius 1 is 1.14 bits per heavy atom. The van der Waals surface area contributed by atoms with Crippen molar-refractivity contribution in [3.05, 3.63) is 64.7 Å². The molecule has 2 aromatic rings. The molecule has 1 saturated heterocycles. The lowest BCUT2D eigenvalue weighted by Gasteiger charge is -2.18. The van der Waals surface area contributed by atoms with Crippen LogP contribution in [-0.2, 0) is 10.0 Å². The van der Waals surface area contributed by atoms with Crippen molar-refractivity contribution >= 4 is 28.3 Å². The van der Waals surface area contributed by atoms with Gasteiger partial charge in [0.2, 0.25) is 10.0 Å². The highest BCUT2D eigenvalue weighted by molar-refractivity contribution is 7.89. The molecule has 8 heteroatoms. The van der Waals surface area contributed by atoms with Gasteiger partial charge >= 0.3 is 0 Å². The van der Waals surface area contributed by atoms with Crippen LogP contribution in [-0.4, -0.2) is 38.9 Å². The number of carbonyl (C=O) groups excluding carboxylic acids is 1. The molecule has 28 heavy (non-hydrogen) atoms. The zero-order valence-corrected chi connectivity index (χ0v) is 17.6. The topological polar surface area (TPSA) is 106 Å². The summed E-state index contributed by atoms with van der Waals surface area (Å²) >= 11 is 0. The fourth-order valence-electron chi connectivity index (χ4n) is 3.78. The van der Waals surface area contributed by atoms with Crippen molar-refractivity contribution in [1.82, 2.24) is 4.90 Å². The van der Waals surface area contributed by atoms with Crippen LogP contribution in [0.2, 0.25) is 0 Å². The van der Waals surface area contributed by atoms with Crippen LogP contribution in [0.4, 0.5) is 0 Å². The van der Waals surface area contributed by atoms with Gasteiger partial charge in [0, 0.05) is 24.6 Å². The number of carbonyl (C=O) groups is 1. The molecule has 1 aliphatic rings. The van der Waals surface area contributed by atoms with Crippen molar-refractivity contribution in [1.29, 1.82) is 0 Å². The molecule has 4 N–H and O–H groups in total. The van der Waals surface area contributed by atoms with E-state index >= 15 is 0 Å². The number of rotatable bonds is 4. The smallest absolute Gasteiger partial charge is 0.253 e. The number of aryl methyl sites for hydroxylation is 1. The van der Waals surface area contributed by atoms with Crippen LogP contribution >= 0.6 is 12.4 Å². The van der Waals surface area contributed by atoms with Gasteiger partial charge in [-0.3, -0.25) is 4.79 Å². The van der Waals surface area contributed by atoms with Gasteiger partial charge < -0.3 is 10.6 Å². The van der Waals surface area contributed by atoms with E-state index < -0.39 is 10.0 Å². The molecule has 1 heterocycles. The predicted octanol–water partition coefficient (Wildman–Crippen LogP) is 2.19. The second-order valence-electron chi connectivity index (χ2n) is 7.18. The Kier molecular flexibility index (Phi) is 6.88. The average Bonchev–Trinajstić information content (AvgIpc) is 3.07. The molecule has 2 atom stereocenters. The summed E-state index contributed by atoms with van der Waals surface area (Å²) < 4.78 is 23.7. The van der Waals surface area contributed by atoms with E-state index in [1.807, 2.05) is 18.2 Å². The van der Waals surface area contributed by atoms with Gasteiger partial charge in [-0.05, 0) is 55.1 Å². The summed E-state index contributed by atoms with van der Waals surface area (Å²) in [6.45, 7) is 5.06. The minimum Gasteiger partial charge on any atom is -0.338 e. The highest BCUT2D eigenvalue weighted by atomic mass is 35.5. The molecule has 1 amide bonds. The highest BCUT2D eigenvalue weighted by Crippen LogP contribution is 2.33. The number of nitrogens with two attached hydrogens (primary N) is 2. The number of halogens is 1. The molecule has 1 fully saturated rings. The number of primary sulfonamides is 1. The fraction of sp³-hybridized carbons (Fsp3) is 0.350. The summed E-state index contributed by atoms with van der Waals surface area (Å²) in [6, 6.07) is 13.1. The molecule has 0 unspecified atom stereocenters. The Bertz CT molecular complexity index is 964. The SMILES string of the molecule is Cc1cc(C(=O)N2C[C@@H](CN)[C@H](c3ccccc3)C2)cc(S(N)(=O)=O)c1C.Cl. The summed E-state index contributed by atoms with van der Waals surface area (Å²) in [5.74, 6) is 0.143. The lowest BCUT2D eigenvalue weighted by Crippen LogP contribution is -2.30. The normalized spacial score (nSPS) is 19.4. The van der Waals surface area contributed by atoms with Crippen molar-refractivity contribution in [3.8, 4) is 0 Å². The number of benzene rings is 2. The lowest BCUT2D eigenvalue weighted by atomic mass is 9.89. The number of amides is 1. The van der Waals surface area contributed by atoms with Crippen LogP contribution in [0.5, 0.6) is 0 Å². The Morgan fingerprint density at radius 3 is 2.36 bits per heavy atom. The molecule has 0 aromatic heterocycles. The summed E-state index contributed by atoms with van der Waals surface area (Å²) in [5, 5.41) is 5.32. The van der Waals surface area contributed by atoms with E-state index in [-0.39, 0.29) is 35.0 Å². The van der Waals surface area contributed by atoms with Crippen LogP contribution in [0.15, 0.2) is 47.4 Å². The van der Waals surface area contributed by atoms with Gasteiger partial charge in [-0.15, -0.1) is 12.4 Å². The first kappa shape index (κ1) is 22.4. The minimum absolute atomic E-state index is 0. The maximum atomic E-state index is 13.1. The maximum absolute atomic E-state index is 13.1. The number of likely N-dealkylation sites (tertiary alicyclic amines) is 1. The zero-order valence-electron chi connectivity index (χ0n) is 16.0. The van der Waals surface area contributed by atoms with Gasteiger partial charge in [0.1, 0.15) is 0 Å². The van der Waals surface area contributed by atoms with E-state index in [1.54, 1.807) is 24.8 Å². The van der Waals surface area contributed by atoms with Crippen molar-refractivity contribution in [2.24, 2.45) is 16.8 Å². The third-order valence-corrected chi connectivity index (χ3v) is 6.47. The molecule has 0 spiro atoms. The Balaban J connectivity index is 0.00000280. The molecule has 152 valence electrons. The first-order chi connectivity index (χ1) is 12.7. The van der Waals surface area contributed by atoms with Gasteiger partial charge in [-0.2, -0.15) is 0 Å². The fourth-order valence-corrected chi connectivity index (χ4v) is 4.66. The second kappa shape index (κ2) is 8.61. The number of sulfonamides is 1. The monoisotopic (exact) mass is 423 g/mol. The van der Waals surface area contributed by atoms with Crippen LogP contribution in [0.1, 0.15) is 33.0 Å².